The maximum absolute atomic E-state index is 12.4. The molecular weight excluding hydrogens is 282 g/mol. The molecule has 0 saturated carbocycles. The summed E-state index contributed by atoms with van der Waals surface area (Å²) in [5.74, 6) is 0. The Morgan fingerprint density at radius 1 is 1.41 bits per heavy atom. The summed E-state index contributed by atoms with van der Waals surface area (Å²) in [4.78, 5) is 18.5. The number of rotatable bonds is 1. The van der Waals surface area contributed by atoms with Crippen molar-refractivity contribution in [3.63, 3.8) is 0 Å². The van der Waals surface area contributed by atoms with E-state index in [9.17, 15) is 4.79 Å². The fourth-order valence-corrected chi connectivity index (χ4v) is 2.55. The number of carbonyl (C=O) groups is 1. The first-order valence-electron chi connectivity index (χ1n) is 7.44. The van der Waals surface area contributed by atoms with E-state index in [4.69, 9.17) is 9.47 Å². The van der Waals surface area contributed by atoms with Crippen molar-refractivity contribution in [2.75, 3.05) is 19.8 Å². The van der Waals surface area contributed by atoms with Gasteiger partial charge in [-0.3, -0.25) is 4.90 Å². The first-order valence-corrected chi connectivity index (χ1v) is 7.44. The minimum atomic E-state index is -0.507. The Labute approximate surface area is 129 Å². The van der Waals surface area contributed by atoms with Crippen LogP contribution >= 0.6 is 0 Å². The average molecular weight is 303 g/mol. The van der Waals surface area contributed by atoms with Gasteiger partial charge >= 0.3 is 6.09 Å². The molecule has 6 heteroatoms. The summed E-state index contributed by atoms with van der Waals surface area (Å²) in [5.41, 5.74) is 1.35. The lowest BCUT2D eigenvalue weighted by Gasteiger charge is -2.36. The number of nitrogens with zero attached hydrogens (tertiary/aromatic N) is 3. The highest BCUT2D eigenvalue weighted by molar-refractivity contribution is 5.69. The van der Waals surface area contributed by atoms with Gasteiger partial charge in [-0.25, -0.2) is 9.78 Å². The Balaban J connectivity index is 1.86. The van der Waals surface area contributed by atoms with Crippen molar-refractivity contribution in [2.45, 2.75) is 32.4 Å². The molecule has 1 unspecified atom stereocenters. The second-order valence-corrected chi connectivity index (χ2v) is 6.42. The summed E-state index contributed by atoms with van der Waals surface area (Å²) in [7, 11) is 0. The average Bonchev–Trinajstić information content (AvgIpc) is 2.92. The molecule has 1 aliphatic rings. The van der Waals surface area contributed by atoms with E-state index in [2.05, 4.69) is 4.98 Å². The van der Waals surface area contributed by atoms with Crippen molar-refractivity contribution in [1.29, 1.82) is 0 Å². The van der Waals surface area contributed by atoms with Gasteiger partial charge in [-0.1, -0.05) is 0 Å². The fraction of sp³-hybridized carbons (Fsp3) is 0.500. The molecule has 1 aliphatic heterocycles. The van der Waals surface area contributed by atoms with Crippen LogP contribution in [0.4, 0.5) is 4.79 Å². The molecule has 0 spiro atoms. The van der Waals surface area contributed by atoms with Gasteiger partial charge in [-0.15, -0.1) is 0 Å². The normalized spacial score (nSPS) is 19.4. The molecule has 3 rings (SSSR count). The Morgan fingerprint density at radius 2 is 2.23 bits per heavy atom. The van der Waals surface area contributed by atoms with E-state index in [1.807, 2.05) is 49.7 Å². The second kappa shape index (κ2) is 5.61. The first kappa shape index (κ1) is 14.8. The molecule has 3 heterocycles. The number of ether oxygens (including phenoxy) is 2. The number of hydrogen-bond acceptors (Lipinski definition) is 4. The first-order chi connectivity index (χ1) is 10.4. The van der Waals surface area contributed by atoms with Gasteiger partial charge in [-0.05, 0) is 38.5 Å². The topological polar surface area (TPSA) is 56.1 Å². The lowest BCUT2D eigenvalue weighted by molar-refractivity contribution is -0.0331. The molecule has 0 aromatic carbocycles. The van der Waals surface area contributed by atoms with E-state index >= 15 is 0 Å². The molecule has 2 aromatic heterocycles. The largest absolute Gasteiger partial charge is 0.444 e. The molecule has 1 fully saturated rings. The molecule has 22 heavy (non-hydrogen) atoms. The van der Waals surface area contributed by atoms with Gasteiger partial charge in [0.1, 0.15) is 11.2 Å². The maximum atomic E-state index is 12.4. The van der Waals surface area contributed by atoms with Crippen molar-refractivity contribution >= 4 is 11.7 Å². The lowest BCUT2D eigenvalue weighted by atomic mass is 10.1. The highest BCUT2D eigenvalue weighted by Gasteiger charge is 2.32. The van der Waals surface area contributed by atoms with Crippen LogP contribution in [0.5, 0.6) is 0 Å². The summed E-state index contributed by atoms with van der Waals surface area (Å²) < 4.78 is 13.0. The van der Waals surface area contributed by atoms with Gasteiger partial charge in [0.05, 0.1) is 19.3 Å². The van der Waals surface area contributed by atoms with Crippen LogP contribution in [0.3, 0.4) is 0 Å². The molecule has 1 atom stereocenters. The maximum Gasteiger partial charge on any atom is 0.410 e. The number of amides is 1. The van der Waals surface area contributed by atoms with Crippen LogP contribution in [-0.2, 0) is 9.47 Å². The number of imidazole rings is 1. The Kier molecular flexibility index (Phi) is 3.78. The molecular formula is C16H21N3O3. The predicted octanol–water partition coefficient (Wildman–Crippen LogP) is 2.64. The van der Waals surface area contributed by atoms with Gasteiger partial charge in [-0.2, -0.15) is 0 Å². The van der Waals surface area contributed by atoms with Crippen LogP contribution in [0.1, 0.15) is 32.4 Å². The predicted molar refractivity (Wildman–Crippen MR) is 81.7 cm³/mol. The third-order valence-electron chi connectivity index (χ3n) is 3.56. The zero-order valence-electron chi connectivity index (χ0n) is 13.2. The second-order valence-electron chi connectivity index (χ2n) is 6.42. The molecule has 1 amide bonds. The van der Waals surface area contributed by atoms with E-state index in [1.165, 1.54) is 0 Å². The fourth-order valence-electron chi connectivity index (χ4n) is 2.55. The summed E-state index contributed by atoms with van der Waals surface area (Å²) in [6.45, 7) is 7.14. The minimum Gasteiger partial charge on any atom is -0.444 e. The standard InChI is InChI=1S/C16H21N3O3/c1-16(2,3)22-15(20)19-8-9-21-11-13(19)12-4-6-18-7-5-17-14(18)10-12/h4-7,10,13H,8-9,11H2,1-3H3. The molecule has 0 aliphatic carbocycles. The summed E-state index contributed by atoms with van der Waals surface area (Å²) in [6.07, 6.45) is 5.29. The van der Waals surface area contributed by atoms with Crippen LogP contribution < -0.4 is 0 Å². The quantitative estimate of drug-likeness (QED) is 0.812. The van der Waals surface area contributed by atoms with Crippen molar-refractivity contribution < 1.29 is 14.3 Å². The summed E-state index contributed by atoms with van der Waals surface area (Å²) in [5, 5.41) is 0. The Hall–Kier alpha value is -2.08. The molecule has 0 radical (unpaired) electrons. The smallest absolute Gasteiger partial charge is 0.410 e. The van der Waals surface area contributed by atoms with Gasteiger partial charge in [0.25, 0.3) is 0 Å². The highest BCUT2D eigenvalue weighted by atomic mass is 16.6. The van der Waals surface area contributed by atoms with Crippen LogP contribution in [0.25, 0.3) is 5.65 Å². The Bertz CT molecular complexity index is 675. The van der Waals surface area contributed by atoms with Crippen molar-refractivity contribution in [3.8, 4) is 0 Å². The van der Waals surface area contributed by atoms with E-state index < -0.39 is 5.60 Å². The molecule has 0 N–H and O–H groups in total. The Morgan fingerprint density at radius 3 is 3.00 bits per heavy atom. The minimum absolute atomic E-state index is 0.148. The van der Waals surface area contributed by atoms with Gasteiger partial charge in [0.15, 0.2) is 0 Å². The van der Waals surface area contributed by atoms with E-state index in [0.717, 1.165) is 11.2 Å². The molecule has 6 nitrogen and oxygen atoms in total. The van der Waals surface area contributed by atoms with Crippen LogP contribution in [0.15, 0.2) is 30.7 Å². The van der Waals surface area contributed by atoms with Gasteiger partial charge in [0.2, 0.25) is 0 Å². The van der Waals surface area contributed by atoms with Crippen molar-refractivity contribution in [1.82, 2.24) is 14.3 Å². The number of hydrogen-bond donors (Lipinski definition) is 0. The SMILES string of the molecule is CC(C)(C)OC(=O)N1CCOCC1c1ccn2ccnc2c1. The van der Waals surface area contributed by atoms with Crippen molar-refractivity contribution in [2.24, 2.45) is 0 Å². The lowest BCUT2D eigenvalue weighted by Crippen LogP contribution is -2.45. The van der Waals surface area contributed by atoms with E-state index in [0.29, 0.717) is 19.8 Å². The number of morpholine rings is 1. The monoisotopic (exact) mass is 303 g/mol. The zero-order valence-corrected chi connectivity index (χ0v) is 13.2. The van der Waals surface area contributed by atoms with Crippen molar-refractivity contribution in [3.05, 3.63) is 36.3 Å². The third kappa shape index (κ3) is 3.06. The van der Waals surface area contributed by atoms with Crippen LogP contribution in [-0.4, -0.2) is 45.7 Å². The third-order valence-corrected chi connectivity index (χ3v) is 3.56. The molecule has 118 valence electrons. The van der Waals surface area contributed by atoms with Crippen LogP contribution in [0, 0.1) is 0 Å². The number of aromatic nitrogens is 2. The van der Waals surface area contributed by atoms with E-state index in [-0.39, 0.29) is 12.1 Å². The summed E-state index contributed by atoms with van der Waals surface area (Å²) >= 11 is 0. The summed E-state index contributed by atoms with van der Waals surface area (Å²) in [6, 6.07) is 3.83. The van der Waals surface area contributed by atoms with E-state index in [1.54, 1.807) is 11.1 Å². The number of carbonyl (C=O) groups excluding carboxylic acids is 1. The molecule has 1 saturated heterocycles. The molecule has 2 aromatic rings. The number of fused-ring (bicyclic) bond motifs is 1. The van der Waals surface area contributed by atoms with Crippen LogP contribution in [0.2, 0.25) is 0 Å². The number of pyridine rings is 1. The zero-order chi connectivity index (χ0) is 15.7. The highest BCUT2D eigenvalue weighted by Crippen LogP contribution is 2.26. The van der Waals surface area contributed by atoms with Gasteiger partial charge in [0, 0.05) is 25.1 Å². The molecule has 0 bridgehead atoms. The van der Waals surface area contributed by atoms with Gasteiger partial charge < -0.3 is 13.9 Å².